The van der Waals surface area contributed by atoms with Crippen LogP contribution in [0.2, 0.25) is 5.02 Å². The molecule has 204 valence electrons. The molecule has 2 fully saturated rings. The van der Waals surface area contributed by atoms with Crippen molar-refractivity contribution in [2.45, 2.75) is 70.6 Å². The maximum atomic E-state index is 13.6. The summed E-state index contributed by atoms with van der Waals surface area (Å²) in [5.74, 6) is 0.516. The normalized spacial score (nSPS) is 21.8. The Kier molecular flexibility index (Phi) is 9.36. The summed E-state index contributed by atoms with van der Waals surface area (Å²) in [4.78, 5) is 33.4. The molecule has 3 aliphatic rings. The van der Waals surface area contributed by atoms with E-state index in [1.807, 2.05) is 34.1 Å². The van der Waals surface area contributed by atoms with E-state index in [-0.39, 0.29) is 23.8 Å². The van der Waals surface area contributed by atoms with Gasteiger partial charge in [-0.15, -0.1) is 0 Å². The number of halogens is 1. The average Bonchev–Trinajstić information content (AvgIpc) is 3.77. The molecule has 0 bridgehead atoms. The lowest BCUT2D eigenvalue weighted by atomic mass is 10.0. The Hall–Kier alpha value is -2.41. The van der Waals surface area contributed by atoms with E-state index >= 15 is 0 Å². The van der Waals surface area contributed by atoms with E-state index in [0.717, 1.165) is 87.5 Å². The molecule has 2 aliphatic heterocycles. The Morgan fingerprint density at radius 2 is 1.63 bits per heavy atom. The van der Waals surface area contributed by atoms with Gasteiger partial charge >= 0.3 is 0 Å². The van der Waals surface area contributed by atoms with Crippen molar-refractivity contribution in [2.75, 3.05) is 37.7 Å². The largest absolute Gasteiger partial charge is 0.378 e. The molecular weight excluding hydrogens is 498 g/mol. The molecule has 0 aromatic heterocycles. The van der Waals surface area contributed by atoms with Gasteiger partial charge in [-0.1, -0.05) is 41.9 Å². The van der Waals surface area contributed by atoms with Gasteiger partial charge in [-0.2, -0.15) is 0 Å². The highest BCUT2D eigenvalue weighted by molar-refractivity contribution is 6.30. The fourth-order valence-electron chi connectivity index (χ4n) is 5.65. The molecule has 1 unspecified atom stereocenters. The lowest BCUT2D eigenvalue weighted by molar-refractivity contribution is -0.135. The predicted molar refractivity (Wildman–Crippen MR) is 151 cm³/mol. The molecule has 1 aliphatic carbocycles. The molecule has 2 aromatic rings. The minimum absolute atomic E-state index is 0.0159. The van der Waals surface area contributed by atoms with Crippen molar-refractivity contribution in [3.8, 4) is 0 Å². The van der Waals surface area contributed by atoms with Gasteiger partial charge in [0.05, 0.1) is 12.5 Å². The molecule has 6 nitrogen and oxygen atoms in total. The Bertz CT molecular complexity index is 1080. The number of anilines is 1. The van der Waals surface area contributed by atoms with E-state index in [1.165, 1.54) is 5.56 Å². The van der Waals surface area contributed by atoms with Gasteiger partial charge in [-0.05, 0) is 74.3 Å². The van der Waals surface area contributed by atoms with Crippen LogP contribution in [0.4, 0.5) is 5.69 Å². The molecule has 2 heterocycles. The van der Waals surface area contributed by atoms with Gasteiger partial charge in [-0.25, -0.2) is 0 Å². The van der Waals surface area contributed by atoms with Crippen LogP contribution in [0.3, 0.4) is 0 Å². The topological polar surface area (TPSA) is 53.1 Å². The highest BCUT2D eigenvalue weighted by atomic mass is 35.5. The van der Waals surface area contributed by atoms with Crippen molar-refractivity contribution in [1.29, 1.82) is 0 Å². The van der Waals surface area contributed by atoms with Crippen molar-refractivity contribution in [2.24, 2.45) is 5.92 Å². The quantitative estimate of drug-likeness (QED) is 0.493. The van der Waals surface area contributed by atoms with Crippen LogP contribution in [0.25, 0.3) is 0 Å². The van der Waals surface area contributed by atoms with Gasteiger partial charge in [0.1, 0.15) is 0 Å². The third kappa shape index (κ3) is 7.37. The molecule has 2 amide bonds. The van der Waals surface area contributed by atoms with Crippen LogP contribution in [0.1, 0.15) is 62.5 Å². The fourth-order valence-corrected chi connectivity index (χ4v) is 5.78. The molecular formula is C31H40ClN3O3. The van der Waals surface area contributed by atoms with E-state index in [2.05, 4.69) is 29.2 Å². The number of para-hydroxylation sites is 1. The molecule has 0 spiro atoms. The van der Waals surface area contributed by atoms with E-state index in [1.54, 1.807) is 0 Å². The SMILES string of the molecule is O=C(CC1CCCCO1)N1CCCN(Cc2ccc(Cl)cc2)CCCN(C(=O)C2CC2)c2ccccc2C1. The van der Waals surface area contributed by atoms with E-state index in [9.17, 15) is 9.59 Å². The monoisotopic (exact) mass is 537 g/mol. The molecule has 2 aromatic carbocycles. The van der Waals surface area contributed by atoms with Crippen LogP contribution in [-0.2, 0) is 27.4 Å². The average molecular weight is 538 g/mol. The van der Waals surface area contributed by atoms with Crippen LogP contribution in [0.5, 0.6) is 0 Å². The number of carbonyl (C=O) groups is 2. The highest BCUT2D eigenvalue weighted by Gasteiger charge is 2.35. The van der Waals surface area contributed by atoms with E-state index in [0.29, 0.717) is 26.1 Å². The summed E-state index contributed by atoms with van der Waals surface area (Å²) in [6.07, 6.45) is 7.37. The number of amides is 2. The lowest BCUT2D eigenvalue weighted by Gasteiger charge is -2.32. The Morgan fingerprint density at radius 1 is 0.868 bits per heavy atom. The summed E-state index contributed by atoms with van der Waals surface area (Å²) < 4.78 is 5.90. The Labute approximate surface area is 231 Å². The summed E-state index contributed by atoms with van der Waals surface area (Å²) >= 11 is 6.11. The van der Waals surface area contributed by atoms with Crippen molar-refractivity contribution in [3.05, 3.63) is 64.7 Å². The van der Waals surface area contributed by atoms with Gasteiger partial charge in [0, 0.05) is 62.5 Å². The molecule has 1 atom stereocenters. The van der Waals surface area contributed by atoms with Gasteiger partial charge < -0.3 is 14.5 Å². The fraction of sp³-hybridized carbons (Fsp3) is 0.548. The predicted octanol–water partition coefficient (Wildman–Crippen LogP) is 5.67. The minimum atomic E-state index is 0.0159. The van der Waals surface area contributed by atoms with Gasteiger partial charge in [0.15, 0.2) is 0 Å². The standard InChI is InChI=1S/C31H40ClN3O3/c32-27-14-10-24(11-15-27)22-33-16-5-18-34(30(36)21-28-8-3-4-20-38-28)23-26-7-1-2-9-29(26)35(19-6-17-33)31(37)25-12-13-25/h1-2,7,9-11,14-15,25,28H,3-6,8,12-13,16-23H2. The number of nitrogens with zero attached hydrogens (tertiary/aromatic N) is 3. The third-order valence-corrected chi connectivity index (χ3v) is 8.20. The first-order chi connectivity index (χ1) is 18.6. The summed E-state index contributed by atoms with van der Waals surface area (Å²) in [5.41, 5.74) is 3.24. The van der Waals surface area contributed by atoms with Crippen molar-refractivity contribution in [3.63, 3.8) is 0 Å². The van der Waals surface area contributed by atoms with Crippen LogP contribution in [-0.4, -0.2) is 60.5 Å². The first-order valence-electron chi connectivity index (χ1n) is 14.3. The molecule has 5 rings (SSSR count). The Balaban J connectivity index is 1.37. The smallest absolute Gasteiger partial charge is 0.230 e. The number of fused-ring (bicyclic) bond motifs is 1. The zero-order valence-electron chi connectivity index (χ0n) is 22.3. The lowest BCUT2D eigenvalue weighted by Crippen LogP contribution is -2.40. The highest BCUT2D eigenvalue weighted by Crippen LogP contribution is 2.34. The van der Waals surface area contributed by atoms with Gasteiger partial charge in [0.2, 0.25) is 11.8 Å². The molecule has 0 N–H and O–H groups in total. The molecule has 0 radical (unpaired) electrons. The van der Waals surface area contributed by atoms with Crippen molar-refractivity contribution in [1.82, 2.24) is 9.80 Å². The number of hydrogen-bond acceptors (Lipinski definition) is 4. The first kappa shape index (κ1) is 27.2. The minimum Gasteiger partial charge on any atom is -0.378 e. The van der Waals surface area contributed by atoms with E-state index in [4.69, 9.17) is 16.3 Å². The van der Waals surface area contributed by atoms with Gasteiger partial charge in [0.25, 0.3) is 0 Å². The second-order valence-corrected chi connectivity index (χ2v) is 11.4. The summed E-state index contributed by atoms with van der Waals surface area (Å²) in [6, 6.07) is 16.2. The van der Waals surface area contributed by atoms with Crippen LogP contribution in [0.15, 0.2) is 48.5 Å². The summed E-state index contributed by atoms with van der Waals surface area (Å²) in [7, 11) is 0. The zero-order chi connectivity index (χ0) is 26.3. The molecule has 1 saturated heterocycles. The van der Waals surface area contributed by atoms with Crippen LogP contribution in [0, 0.1) is 5.92 Å². The van der Waals surface area contributed by atoms with Crippen LogP contribution >= 0.6 is 11.6 Å². The van der Waals surface area contributed by atoms with Crippen LogP contribution < -0.4 is 4.90 Å². The van der Waals surface area contributed by atoms with Crippen molar-refractivity contribution >= 4 is 29.1 Å². The number of ether oxygens (including phenoxy) is 1. The number of benzene rings is 2. The number of rotatable bonds is 5. The van der Waals surface area contributed by atoms with Crippen molar-refractivity contribution < 1.29 is 14.3 Å². The molecule has 7 heteroatoms. The molecule has 38 heavy (non-hydrogen) atoms. The second kappa shape index (κ2) is 13.1. The van der Waals surface area contributed by atoms with E-state index < -0.39 is 0 Å². The molecule has 1 saturated carbocycles. The maximum absolute atomic E-state index is 13.6. The maximum Gasteiger partial charge on any atom is 0.230 e. The zero-order valence-corrected chi connectivity index (χ0v) is 23.1. The number of hydrogen-bond donors (Lipinski definition) is 0. The first-order valence-corrected chi connectivity index (χ1v) is 14.7. The third-order valence-electron chi connectivity index (χ3n) is 7.94. The second-order valence-electron chi connectivity index (χ2n) is 11.0. The summed E-state index contributed by atoms with van der Waals surface area (Å²) in [5, 5.41) is 0.742. The summed E-state index contributed by atoms with van der Waals surface area (Å²) in [6.45, 7) is 5.26. The van der Waals surface area contributed by atoms with Gasteiger partial charge in [-0.3, -0.25) is 14.5 Å². The number of carbonyl (C=O) groups excluding carboxylic acids is 2. The Morgan fingerprint density at radius 3 is 2.37 bits per heavy atom.